The van der Waals surface area contributed by atoms with Crippen molar-refractivity contribution in [1.82, 2.24) is 0 Å². The second kappa shape index (κ2) is 10.4. The first-order valence-corrected chi connectivity index (χ1v) is 12.1. The second-order valence-electron chi connectivity index (χ2n) is 8.92. The number of benzene rings is 5. The van der Waals surface area contributed by atoms with Gasteiger partial charge in [-0.1, -0.05) is 152 Å². The standard InChI is InChI=1S/C34H30/c1-6-16-28(17-7-1)33(29-18-8-2-9-19-29)26-27-34(30-20-10-3-11-21-30,31-22-12-4-13-23-31)32-24-14-5-15-25-32/h1-25,33H,26-27H2. The predicted molar refractivity (Wildman–Crippen MR) is 143 cm³/mol. The maximum Gasteiger partial charge on any atom is 0.0451 e. The van der Waals surface area contributed by atoms with E-state index in [2.05, 4.69) is 152 Å². The summed E-state index contributed by atoms with van der Waals surface area (Å²) in [5.74, 6) is 0.331. The molecule has 166 valence electrons. The molecule has 0 heteroatoms. The van der Waals surface area contributed by atoms with Crippen molar-refractivity contribution in [1.29, 1.82) is 0 Å². The molecule has 34 heavy (non-hydrogen) atoms. The molecule has 5 aromatic carbocycles. The Balaban J connectivity index is 1.65. The minimum Gasteiger partial charge on any atom is -0.0622 e. The van der Waals surface area contributed by atoms with E-state index in [1.807, 2.05) is 0 Å². The Morgan fingerprint density at radius 2 is 0.676 bits per heavy atom. The average molecular weight is 439 g/mol. The summed E-state index contributed by atoms with van der Waals surface area (Å²) in [5.41, 5.74) is 6.53. The van der Waals surface area contributed by atoms with Crippen LogP contribution in [0.5, 0.6) is 0 Å². The monoisotopic (exact) mass is 438 g/mol. The van der Waals surface area contributed by atoms with Crippen LogP contribution in [0.25, 0.3) is 0 Å². The first-order chi connectivity index (χ1) is 16.9. The van der Waals surface area contributed by atoms with Crippen molar-refractivity contribution in [3.05, 3.63) is 179 Å². The van der Waals surface area contributed by atoms with Crippen LogP contribution in [0, 0.1) is 0 Å². The third-order valence-corrected chi connectivity index (χ3v) is 7.01. The van der Waals surface area contributed by atoms with Gasteiger partial charge >= 0.3 is 0 Å². The van der Waals surface area contributed by atoms with E-state index in [1.54, 1.807) is 0 Å². The van der Waals surface area contributed by atoms with E-state index in [9.17, 15) is 0 Å². The van der Waals surface area contributed by atoms with Crippen molar-refractivity contribution in [2.75, 3.05) is 0 Å². The fourth-order valence-corrected chi connectivity index (χ4v) is 5.36. The van der Waals surface area contributed by atoms with E-state index in [4.69, 9.17) is 0 Å². The average Bonchev–Trinajstić information content (AvgIpc) is 2.94. The van der Waals surface area contributed by atoms with Crippen LogP contribution in [0.4, 0.5) is 0 Å². The largest absolute Gasteiger partial charge is 0.0622 e. The highest BCUT2D eigenvalue weighted by molar-refractivity contribution is 5.50. The summed E-state index contributed by atoms with van der Waals surface area (Å²) in [6, 6.07) is 55.0. The third kappa shape index (κ3) is 4.45. The van der Waals surface area contributed by atoms with Crippen LogP contribution in [0.1, 0.15) is 46.6 Å². The summed E-state index contributed by atoms with van der Waals surface area (Å²) in [7, 11) is 0. The normalized spacial score (nSPS) is 11.4. The van der Waals surface area contributed by atoms with Crippen LogP contribution < -0.4 is 0 Å². The molecule has 0 fully saturated rings. The number of rotatable bonds is 8. The van der Waals surface area contributed by atoms with Gasteiger partial charge in [-0.15, -0.1) is 0 Å². The molecule has 0 radical (unpaired) electrons. The van der Waals surface area contributed by atoms with E-state index in [1.165, 1.54) is 27.8 Å². The molecule has 0 aliphatic rings. The molecule has 0 bridgehead atoms. The first kappa shape index (κ1) is 21.9. The van der Waals surface area contributed by atoms with Gasteiger partial charge in [0.1, 0.15) is 0 Å². The van der Waals surface area contributed by atoms with Crippen molar-refractivity contribution in [2.45, 2.75) is 24.2 Å². The van der Waals surface area contributed by atoms with Crippen molar-refractivity contribution in [3.63, 3.8) is 0 Å². The van der Waals surface area contributed by atoms with E-state index in [0.717, 1.165) is 12.8 Å². The van der Waals surface area contributed by atoms with E-state index in [0.29, 0.717) is 5.92 Å². The summed E-state index contributed by atoms with van der Waals surface area (Å²) < 4.78 is 0. The van der Waals surface area contributed by atoms with Gasteiger partial charge in [-0.25, -0.2) is 0 Å². The van der Waals surface area contributed by atoms with Crippen LogP contribution in [0.15, 0.2) is 152 Å². The summed E-state index contributed by atoms with van der Waals surface area (Å²) in [5, 5.41) is 0. The highest BCUT2D eigenvalue weighted by Crippen LogP contribution is 2.45. The maximum absolute atomic E-state index is 2.29. The molecule has 0 atom stereocenters. The van der Waals surface area contributed by atoms with Crippen LogP contribution >= 0.6 is 0 Å². The molecule has 0 spiro atoms. The fraction of sp³-hybridized carbons (Fsp3) is 0.118. The van der Waals surface area contributed by atoms with Gasteiger partial charge in [0.15, 0.2) is 0 Å². The molecule has 0 aliphatic heterocycles. The summed E-state index contributed by atoms with van der Waals surface area (Å²) in [6.45, 7) is 0. The van der Waals surface area contributed by atoms with Crippen LogP contribution in [-0.2, 0) is 5.41 Å². The van der Waals surface area contributed by atoms with Gasteiger partial charge in [0.2, 0.25) is 0 Å². The molecule has 0 saturated carbocycles. The Kier molecular flexibility index (Phi) is 6.68. The lowest BCUT2D eigenvalue weighted by atomic mass is 9.65. The van der Waals surface area contributed by atoms with E-state index >= 15 is 0 Å². The molecule has 5 aromatic rings. The molecule has 0 aliphatic carbocycles. The zero-order chi connectivity index (χ0) is 23.1. The fourth-order valence-electron chi connectivity index (χ4n) is 5.36. The van der Waals surface area contributed by atoms with Crippen molar-refractivity contribution in [3.8, 4) is 0 Å². The lowest BCUT2D eigenvalue weighted by Crippen LogP contribution is -2.30. The van der Waals surface area contributed by atoms with Gasteiger partial charge < -0.3 is 0 Å². The SMILES string of the molecule is c1ccc(C(CCC(c2ccccc2)(c2ccccc2)c2ccccc2)c2ccccc2)cc1. The lowest BCUT2D eigenvalue weighted by Gasteiger charge is -2.37. The molecular formula is C34H30. The Labute approximate surface area is 203 Å². The number of hydrogen-bond donors (Lipinski definition) is 0. The highest BCUT2D eigenvalue weighted by atomic mass is 14.4. The quantitative estimate of drug-likeness (QED) is 0.213. The van der Waals surface area contributed by atoms with Gasteiger partial charge in [0.05, 0.1) is 0 Å². The summed E-state index contributed by atoms with van der Waals surface area (Å²) >= 11 is 0. The van der Waals surface area contributed by atoms with Gasteiger partial charge in [-0.2, -0.15) is 0 Å². The Bertz CT molecular complexity index is 1120. The second-order valence-corrected chi connectivity index (χ2v) is 8.92. The smallest absolute Gasteiger partial charge is 0.0451 e. The minimum absolute atomic E-state index is 0.231. The zero-order valence-electron chi connectivity index (χ0n) is 19.4. The minimum atomic E-state index is -0.231. The van der Waals surface area contributed by atoms with E-state index < -0.39 is 0 Å². The third-order valence-electron chi connectivity index (χ3n) is 7.01. The molecule has 0 heterocycles. The Morgan fingerprint density at radius 1 is 0.382 bits per heavy atom. The Hall–Kier alpha value is -3.90. The highest BCUT2D eigenvalue weighted by Gasteiger charge is 2.36. The lowest BCUT2D eigenvalue weighted by molar-refractivity contribution is 0.510. The molecule has 0 aromatic heterocycles. The van der Waals surface area contributed by atoms with Gasteiger partial charge in [-0.05, 0) is 40.7 Å². The topological polar surface area (TPSA) is 0 Å². The molecule has 0 saturated heterocycles. The summed E-state index contributed by atoms with van der Waals surface area (Å²) in [4.78, 5) is 0. The van der Waals surface area contributed by atoms with Crippen molar-refractivity contribution < 1.29 is 0 Å². The zero-order valence-corrected chi connectivity index (χ0v) is 19.4. The van der Waals surface area contributed by atoms with Gasteiger partial charge in [0, 0.05) is 11.3 Å². The van der Waals surface area contributed by atoms with Gasteiger partial charge in [0.25, 0.3) is 0 Å². The van der Waals surface area contributed by atoms with Crippen LogP contribution in [-0.4, -0.2) is 0 Å². The van der Waals surface area contributed by atoms with Crippen molar-refractivity contribution in [2.24, 2.45) is 0 Å². The maximum atomic E-state index is 2.29. The van der Waals surface area contributed by atoms with Gasteiger partial charge in [-0.3, -0.25) is 0 Å². The van der Waals surface area contributed by atoms with E-state index in [-0.39, 0.29) is 5.41 Å². The molecule has 5 rings (SSSR count). The molecule has 0 amide bonds. The van der Waals surface area contributed by atoms with Crippen LogP contribution in [0.2, 0.25) is 0 Å². The Morgan fingerprint density at radius 3 is 1.00 bits per heavy atom. The molecule has 0 nitrogen and oxygen atoms in total. The molecule has 0 N–H and O–H groups in total. The first-order valence-electron chi connectivity index (χ1n) is 12.1. The molecular weight excluding hydrogens is 408 g/mol. The number of hydrogen-bond acceptors (Lipinski definition) is 0. The predicted octanol–water partition coefficient (Wildman–Crippen LogP) is 8.63. The van der Waals surface area contributed by atoms with Crippen LogP contribution in [0.3, 0.4) is 0 Å². The summed E-state index contributed by atoms with van der Waals surface area (Å²) in [6.07, 6.45) is 2.03. The molecule has 0 unspecified atom stereocenters. The van der Waals surface area contributed by atoms with Crippen molar-refractivity contribution >= 4 is 0 Å².